The molecule has 0 aromatic carbocycles. The Bertz CT molecular complexity index is 382. The van der Waals surface area contributed by atoms with Crippen LogP contribution in [-0.2, 0) is 4.79 Å². The lowest BCUT2D eigenvalue weighted by Gasteiger charge is -2.30. The molecule has 1 amide bonds. The summed E-state index contributed by atoms with van der Waals surface area (Å²) in [6.45, 7) is 5.81. The Morgan fingerprint density at radius 2 is 2.06 bits per heavy atom. The molecule has 0 bridgehead atoms. The molecule has 17 heavy (non-hydrogen) atoms. The van der Waals surface area contributed by atoms with Crippen LogP contribution in [0.15, 0.2) is 12.1 Å². The van der Waals surface area contributed by atoms with Gasteiger partial charge in [-0.1, -0.05) is 6.92 Å². The van der Waals surface area contributed by atoms with E-state index in [1.54, 1.807) is 6.07 Å². The summed E-state index contributed by atoms with van der Waals surface area (Å²) in [4.78, 5) is 13.1. The summed E-state index contributed by atoms with van der Waals surface area (Å²) >= 11 is 0. The van der Waals surface area contributed by atoms with E-state index in [0.29, 0.717) is 5.82 Å². The fourth-order valence-corrected chi connectivity index (χ4v) is 1.98. The molecule has 1 aromatic rings. The number of anilines is 2. The molecule has 1 fully saturated rings. The molecule has 1 saturated heterocycles. The highest BCUT2D eigenvalue weighted by atomic mass is 16.1. The Hall–Kier alpha value is -1.65. The molecule has 0 aliphatic carbocycles. The van der Waals surface area contributed by atoms with Gasteiger partial charge in [-0.2, -0.15) is 0 Å². The van der Waals surface area contributed by atoms with Gasteiger partial charge in [-0.15, -0.1) is 10.2 Å². The average Bonchev–Trinajstić information content (AvgIpc) is 2.30. The van der Waals surface area contributed by atoms with Gasteiger partial charge in [0.1, 0.15) is 0 Å². The van der Waals surface area contributed by atoms with Gasteiger partial charge in [-0.3, -0.25) is 4.79 Å². The largest absolute Gasteiger partial charge is 0.355 e. The van der Waals surface area contributed by atoms with Crippen molar-refractivity contribution in [1.82, 2.24) is 10.2 Å². The van der Waals surface area contributed by atoms with Crippen LogP contribution >= 0.6 is 0 Å². The molecule has 1 aromatic heterocycles. The molecule has 92 valence electrons. The Morgan fingerprint density at radius 1 is 1.35 bits per heavy atom. The zero-order chi connectivity index (χ0) is 12.3. The highest BCUT2D eigenvalue weighted by molar-refractivity contribution is 5.87. The van der Waals surface area contributed by atoms with E-state index in [2.05, 4.69) is 27.3 Å². The maximum Gasteiger partial charge on any atom is 0.222 e. The van der Waals surface area contributed by atoms with E-state index in [1.807, 2.05) is 6.07 Å². The quantitative estimate of drug-likeness (QED) is 0.845. The van der Waals surface area contributed by atoms with Gasteiger partial charge in [-0.05, 0) is 30.9 Å². The van der Waals surface area contributed by atoms with Crippen LogP contribution in [0.3, 0.4) is 0 Å². The van der Waals surface area contributed by atoms with E-state index in [9.17, 15) is 4.79 Å². The fourth-order valence-electron chi connectivity index (χ4n) is 1.98. The van der Waals surface area contributed by atoms with E-state index < -0.39 is 0 Å². The number of carbonyl (C=O) groups is 1. The van der Waals surface area contributed by atoms with Gasteiger partial charge < -0.3 is 10.2 Å². The third kappa shape index (κ3) is 3.15. The van der Waals surface area contributed by atoms with Crippen LogP contribution in [0.5, 0.6) is 0 Å². The summed E-state index contributed by atoms with van der Waals surface area (Å²) in [5, 5.41) is 10.7. The van der Waals surface area contributed by atoms with Crippen molar-refractivity contribution >= 4 is 17.5 Å². The van der Waals surface area contributed by atoms with E-state index in [0.717, 1.165) is 24.8 Å². The minimum atomic E-state index is -0.126. The molecule has 5 heteroatoms. The van der Waals surface area contributed by atoms with Crippen LogP contribution < -0.4 is 10.2 Å². The van der Waals surface area contributed by atoms with E-state index in [1.165, 1.54) is 19.8 Å². The highest BCUT2D eigenvalue weighted by Crippen LogP contribution is 2.21. The van der Waals surface area contributed by atoms with Crippen molar-refractivity contribution in [2.45, 2.75) is 26.7 Å². The summed E-state index contributed by atoms with van der Waals surface area (Å²) in [6, 6.07) is 3.70. The van der Waals surface area contributed by atoms with E-state index >= 15 is 0 Å². The van der Waals surface area contributed by atoms with Gasteiger partial charge in [0.05, 0.1) is 0 Å². The van der Waals surface area contributed by atoms with Crippen LogP contribution in [0.4, 0.5) is 11.6 Å². The minimum Gasteiger partial charge on any atom is -0.355 e. The smallest absolute Gasteiger partial charge is 0.222 e. The minimum absolute atomic E-state index is 0.126. The Kier molecular flexibility index (Phi) is 3.56. The second kappa shape index (κ2) is 5.12. The highest BCUT2D eigenvalue weighted by Gasteiger charge is 2.17. The molecule has 0 unspecified atom stereocenters. The van der Waals surface area contributed by atoms with Gasteiger partial charge in [0, 0.05) is 20.0 Å². The number of nitrogens with zero attached hydrogens (tertiary/aromatic N) is 3. The van der Waals surface area contributed by atoms with Gasteiger partial charge in [0.15, 0.2) is 11.6 Å². The molecule has 1 N–H and O–H groups in total. The number of carbonyl (C=O) groups excluding carboxylic acids is 1. The normalized spacial score (nSPS) is 16.9. The number of aromatic nitrogens is 2. The number of nitrogens with one attached hydrogen (secondary N) is 1. The predicted molar refractivity (Wildman–Crippen MR) is 66.9 cm³/mol. The van der Waals surface area contributed by atoms with Crippen LogP contribution in [-0.4, -0.2) is 29.2 Å². The van der Waals surface area contributed by atoms with Crippen molar-refractivity contribution in [1.29, 1.82) is 0 Å². The zero-order valence-electron chi connectivity index (χ0n) is 10.3. The average molecular weight is 234 g/mol. The molecular weight excluding hydrogens is 216 g/mol. The molecule has 1 aliphatic heterocycles. The molecule has 0 radical (unpaired) electrons. The monoisotopic (exact) mass is 234 g/mol. The van der Waals surface area contributed by atoms with Gasteiger partial charge in [-0.25, -0.2) is 0 Å². The molecule has 0 spiro atoms. The van der Waals surface area contributed by atoms with Crippen molar-refractivity contribution in [3.8, 4) is 0 Å². The molecule has 5 nitrogen and oxygen atoms in total. The summed E-state index contributed by atoms with van der Waals surface area (Å²) in [5.41, 5.74) is 0. The third-order valence-corrected chi connectivity index (χ3v) is 3.06. The lowest BCUT2D eigenvalue weighted by atomic mass is 9.99. The Morgan fingerprint density at radius 3 is 2.59 bits per heavy atom. The molecule has 2 heterocycles. The summed E-state index contributed by atoms with van der Waals surface area (Å²) in [5.74, 6) is 2.08. The number of piperidine rings is 1. The van der Waals surface area contributed by atoms with Crippen molar-refractivity contribution < 1.29 is 4.79 Å². The van der Waals surface area contributed by atoms with Gasteiger partial charge >= 0.3 is 0 Å². The molecular formula is C12H18N4O. The van der Waals surface area contributed by atoms with Crippen molar-refractivity contribution in [2.75, 3.05) is 23.3 Å². The Labute approximate surface area is 101 Å². The van der Waals surface area contributed by atoms with Gasteiger partial charge in [0.25, 0.3) is 0 Å². The molecule has 0 atom stereocenters. The first kappa shape index (κ1) is 11.8. The Balaban J connectivity index is 2.00. The van der Waals surface area contributed by atoms with Crippen LogP contribution in [0, 0.1) is 5.92 Å². The van der Waals surface area contributed by atoms with Crippen molar-refractivity contribution in [3.63, 3.8) is 0 Å². The van der Waals surface area contributed by atoms with Gasteiger partial charge in [0.2, 0.25) is 5.91 Å². The second-order valence-electron chi connectivity index (χ2n) is 4.63. The summed E-state index contributed by atoms with van der Waals surface area (Å²) < 4.78 is 0. The van der Waals surface area contributed by atoms with Crippen LogP contribution in [0.25, 0.3) is 0 Å². The van der Waals surface area contributed by atoms with E-state index in [-0.39, 0.29) is 5.91 Å². The maximum atomic E-state index is 10.8. The number of amides is 1. The van der Waals surface area contributed by atoms with Crippen molar-refractivity contribution in [2.24, 2.45) is 5.92 Å². The molecule has 2 rings (SSSR count). The third-order valence-electron chi connectivity index (χ3n) is 3.06. The topological polar surface area (TPSA) is 58.1 Å². The zero-order valence-corrected chi connectivity index (χ0v) is 10.3. The lowest BCUT2D eigenvalue weighted by molar-refractivity contribution is -0.114. The first-order valence-corrected chi connectivity index (χ1v) is 6.01. The summed E-state index contributed by atoms with van der Waals surface area (Å²) in [7, 11) is 0. The predicted octanol–water partition coefficient (Wildman–Crippen LogP) is 1.67. The van der Waals surface area contributed by atoms with Crippen LogP contribution in [0.1, 0.15) is 26.7 Å². The molecule has 1 aliphatic rings. The molecule has 0 saturated carbocycles. The number of hydrogen-bond donors (Lipinski definition) is 1. The standard InChI is InChI=1S/C12H18N4O/c1-9-5-7-16(8-6-9)12-4-3-11(14-15-12)13-10(2)17/h3-4,9H,5-8H2,1-2H3,(H,13,14,17). The summed E-state index contributed by atoms with van der Waals surface area (Å²) in [6.07, 6.45) is 2.41. The SMILES string of the molecule is CC(=O)Nc1ccc(N2CCC(C)CC2)nn1. The number of rotatable bonds is 2. The lowest BCUT2D eigenvalue weighted by Crippen LogP contribution is -2.33. The van der Waals surface area contributed by atoms with E-state index in [4.69, 9.17) is 0 Å². The fraction of sp³-hybridized carbons (Fsp3) is 0.583. The maximum absolute atomic E-state index is 10.8. The first-order valence-electron chi connectivity index (χ1n) is 6.01. The second-order valence-corrected chi connectivity index (χ2v) is 4.63. The van der Waals surface area contributed by atoms with Crippen LogP contribution in [0.2, 0.25) is 0 Å². The van der Waals surface area contributed by atoms with Crippen molar-refractivity contribution in [3.05, 3.63) is 12.1 Å². The number of hydrogen-bond acceptors (Lipinski definition) is 4. The first-order chi connectivity index (χ1) is 8.15.